The third kappa shape index (κ3) is 21.5. The molecule has 0 aliphatic rings. The van der Waals surface area contributed by atoms with Crippen molar-refractivity contribution in [2.45, 2.75) is 96.8 Å². The maximum atomic E-state index is 12.3. The van der Waals surface area contributed by atoms with E-state index in [9.17, 15) is 14.4 Å². The van der Waals surface area contributed by atoms with Crippen LogP contribution in [0.3, 0.4) is 0 Å². The van der Waals surface area contributed by atoms with Crippen LogP contribution in [0.1, 0.15) is 96.8 Å². The fourth-order valence-corrected chi connectivity index (χ4v) is 3.43. The summed E-state index contributed by atoms with van der Waals surface area (Å²) in [7, 11) is 0. The average molecular weight is 468 g/mol. The Bertz CT molecular complexity index is 573. The molecule has 7 nitrogen and oxygen atoms in total. The molecule has 0 unspecified atom stereocenters. The molecule has 0 fully saturated rings. The van der Waals surface area contributed by atoms with Crippen molar-refractivity contribution in [3.05, 3.63) is 24.3 Å². The van der Waals surface area contributed by atoms with Crippen LogP contribution in [0, 0.1) is 0 Å². The largest absolute Gasteiger partial charge is 0.478 e. The van der Waals surface area contributed by atoms with Crippen molar-refractivity contribution in [2.75, 3.05) is 26.3 Å². The van der Waals surface area contributed by atoms with Gasteiger partial charge in [-0.1, -0.05) is 70.4 Å². The highest BCUT2D eigenvalue weighted by molar-refractivity contribution is 5.90. The number of aliphatic hydroxyl groups excluding tert-OH is 1. The number of nitrogens with zero attached hydrogens (tertiary/aromatic N) is 1. The number of carboxylic acids is 1. The molecule has 0 atom stereocenters. The number of unbranched alkanes of at least 4 members (excludes halogenated alkanes) is 11. The topological polar surface area (TPSA) is 104 Å². The minimum absolute atomic E-state index is 0.0408. The number of hydrogen-bond donors (Lipinski definition) is 2. The molecule has 0 aliphatic heterocycles. The molecule has 0 saturated heterocycles. The van der Waals surface area contributed by atoms with Gasteiger partial charge in [0.25, 0.3) is 0 Å². The normalized spacial score (nSPS) is 11.3. The quantitative estimate of drug-likeness (QED) is 0.100. The lowest BCUT2D eigenvalue weighted by Crippen LogP contribution is -2.36. The smallest absolute Gasteiger partial charge is 0.331 e. The fourth-order valence-electron chi connectivity index (χ4n) is 3.43. The number of carbonyl (C=O) groups is 3. The van der Waals surface area contributed by atoms with E-state index in [2.05, 4.69) is 19.1 Å². The van der Waals surface area contributed by atoms with E-state index in [4.69, 9.17) is 14.9 Å². The van der Waals surface area contributed by atoms with Crippen LogP contribution in [0.2, 0.25) is 0 Å². The Morgan fingerprint density at radius 1 is 0.788 bits per heavy atom. The highest BCUT2D eigenvalue weighted by Gasteiger charge is 2.13. The zero-order chi connectivity index (χ0) is 24.6. The predicted molar refractivity (Wildman–Crippen MR) is 131 cm³/mol. The molecule has 0 aromatic carbocycles. The second-order valence-corrected chi connectivity index (χ2v) is 8.28. The molecule has 1 amide bonds. The first kappa shape index (κ1) is 30.9. The van der Waals surface area contributed by atoms with Gasteiger partial charge in [0, 0.05) is 25.1 Å². The Kier molecular flexibility index (Phi) is 21.5. The van der Waals surface area contributed by atoms with Gasteiger partial charge < -0.3 is 19.8 Å². The molecule has 0 aromatic rings. The van der Waals surface area contributed by atoms with E-state index in [1.54, 1.807) is 0 Å². The van der Waals surface area contributed by atoms with E-state index < -0.39 is 11.9 Å². The van der Waals surface area contributed by atoms with Gasteiger partial charge in [0.15, 0.2) is 0 Å². The summed E-state index contributed by atoms with van der Waals surface area (Å²) in [4.78, 5) is 35.5. The Labute approximate surface area is 199 Å². The van der Waals surface area contributed by atoms with E-state index in [1.165, 1.54) is 56.3 Å². The summed E-state index contributed by atoms with van der Waals surface area (Å²) in [5, 5.41) is 17.6. The van der Waals surface area contributed by atoms with E-state index in [0.29, 0.717) is 12.5 Å². The van der Waals surface area contributed by atoms with E-state index in [-0.39, 0.29) is 32.2 Å². The molecular formula is C26H45NO6. The second kappa shape index (κ2) is 23.0. The van der Waals surface area contributed by atoms with Crippen molar-refractivity contribution >= 4 is 17.8 Å². The molecule has 0 bridgehead atoms. The lowest BCUT2D eigenvalue weighted by atomic mass is 10.1. The summed E-state index contributed by atoms with van der Waals surface area (Å²) < 4.78 is 4.88. The summed E-state index contributed by atoms with van der Waals surface area (Å²) in [5.74, 6) is -2.08. The average Bonchev–Trinajstić information content (AvgIpc) is 2.79. The van der Waals surface area contributed by atoms with Crippen molar-refractivity contribution < 1.29 is 29.3 Å². The van der Waals surface area contributed by atoms with Crippen LogP contribution >= 0.6 is 0 Å². The first-order valence-corrected chi connectivity index (χ1v) is 12.6. The Hall–Kier alpha value is -2.15. The van der Waals surface area contributed by atoms with Gasteiger partial charge in [-0.2, -0.15) is 0 Å². The van der Waals surface area contributed by atoms with Gasteiger partial charge in [-0.25, -0.2) is 9.59 Å². The summed E-state index contributed by atoms with van der Waals surface area (Å²) in [5.41, 5.74) is 0. The number of allylic oxidation sites excluding steroid dienone is 2. The molecule has 0 heterocycles. The number of aliphatic carboxylic acids is 1. The summed E-state index contributed by atoms with van der Waals surface area (Å²) in [6.07, 6.45) is 22.1. The van der Waals surface area contributed by atoms with Gasteiger partial charge in [-0.3, -0.25) is 4.79 Å². The zero-order valence-electron chi connectivity index (χ0n) is 20.5. The van der Waals surface area contributed by atoms with Crippen LogP contribution < -0.4 is 0 Å². The number of rotatable bonds is 22. The maximum Gasteiger partial charge on any atom is 0.331 e. The molecule has 2 N–H and O–H groups in total. The molecule has 190 valence electrons. The third-order valence-electron chi connectivity index (χ3n) is 5.34. The number of carboxylic acid groups (broad SMARTS) is 1. The molecule has 33 heavy (non-hydrogen) atoms. The van der Waals surface area contributed by atoms with Crippen molar-refractivity contribution in [1.29, 1.82) is 0 Å². The Balaban J connectivity index is 3.75. The fraction of sp³-hybridized carbons (Fsp3) is 0.731. The first-order chi connectivity index (χ1) is 16.0. The van der Waals surface area contributed by atoms with Crippen LogP contribution in [0.5, 0.6) is 0 Å². The summed E-state index contributed by atoms with van der Waals surface area (Å²) >= 11 is 0. The van der Waals surface area contributed by atoms with E-state index in [0.717, 1.165) is 38.2 Å². The molecule has 0 aliphatic carbocycles. The monoisotopic (exact) mass is 467 g/mol. The Morgan fingerprint density at radius 2 is 1.36 bits per heavy atom. The van der Waals surface area contributed by atoms with Crippen LogP contribution in [0.25, 0.3) is 0 Å². The number of esters is 1. The molecule has 0 rings (SSSR count). The Morgan fingerprint density at radius 3 is 1.94 bits per heavy atom. The van der Waals surface area contributed by atoms with Crippen molar-refractivity contribution in [3.63, 3.8) is 0 Å². The summed E-state index contributed by atoms with van der Waals surface area (Å²) in [6.45, 7) is 2.41. The molecule has 0 aromatic heterocycles. The first-order valence-electron chi connectivity index (χ1n) is 12.6. The molecule has 0 radical (unpaired) electrons. The number of carbonyl (C=O) groups excluding carboxylic acids is 2. The van der Waals surface area contributed by atoms with Crippen LogP contribution in [-0.2, 0) is 19.1 Å². The SMILES string of the molecule is CCCCCCCC/C=C/CCCCCCCC(=O)N(CCO)CCOC(=O)/C=C\C(=O)O. The maximum absolute atomic E-state index is 12.3. The van der Waals surface area contributed by atoms with Gasteiger partial charge >= 0.3 is 11.9 Å². The molecule has 0 saturated carbocycles. The molecule has 0 spiro atoms. The lowest BCUT2D eigenvalue weighted by Gasteiger charge is -2.21. The van der Waals surface area contributed by atoms with Gasteiger partial charge in [-0.15, -0.1) is 0 Å². The van der Waals surface area contributed by atoms with E-state index >= 15 is 0 Å². The van der Waals surface area contributed by atoms with Crippen LogP contribution in [0.4, 0.5) is 0 Å². The van der Waals surface area contributed by atoms with Gasteiger partial charge in [0.1, 0.15) is 6.61 Å². The number of ether oxygens (including phenoxy) is 1. The zero-order valence-corrected chi connectivity index (χ0v) is 20.5. The number of amides is 1. The second-order valence-electron chi connectivity index (χ2n) is 8.28. The number of hydrogen-bond acceptors (Lipinski definition) is 5. The highest BCUT2D eigenvalue weighted by Crippen LogP contribution is 2.10. The van der Waals surface area contributed by atoms with Crippen molar-refractivity contribution in [1.82, 2.24) is 4.90 Å². The van der Waals surface area contributed by atoms with E-state index in [1.807, 2.05) is 0 Å². The van der Waals surface area contributed by atoms with Gasteiger partial charge in [0.05, 0.1) is 13.2 Å². The van der Waals surface area contributed by atoms with Crippen LogP contribution in [0.15, 0.2) is 24.3 Å². The minimum atomic E-state index is -1.23. The minimum Gasteiger partial charge on any atom is -0.478 e. The predicted octanol–water partition coefficient (Wildman–Crippen LogP) is 5.03. The van der Waals surface area contributed by atoms with Crippen LogP contribution in [-0.4, -0.2) is 59.3 Å². The van der Waals surface area contributed by atoms with Gasteiger partial charge in [-0.05, 0) is 32.1 Å². The molecule has 7 heteroatoms. The van der Waals surface area contributed by atoms with Crippen molar-refractivity contribution in [2.24, 2.45) is 0 Å². The van der Waals surface area contributed by atoms with Crippen molar-refractivity contribution in [3.8, 4) is 0 Å². The number of aliphatic hydroxyl groups is 1. The highest BCUT2D eigenvalue weighted by atomic mass is 16.5. The summed E-state index contributed by atoms with van der Waals surface area (Å²) in [6, 6.07) is 0. The molecular weight excluding hydrogens is 422 g/mol. The van der Waals surface area contributed by atoms with Gasteiger partial charge in [0.2, 0.25) is 5.91 Å². The lowest BCUT2D eigenvalue weighted by molar-refractivity contribution is -0.141. The third-order valence-corrected chi connectivity index (χ3v) is 5.34. The standard InChI is InChI=1S/C26H45NO6/c1-2-3-4-5-6-7-8-9-10-11-12-13-14-15-16-17-24(29)27(20-22-28)21-23-33-26(32)19-18-25(30)31/h9-10,18-19,28H,2-8,11-17,20-23H2,1H3,(H,30,31)/b10-9+,19-18-.